The number of nitrogens with one attached hydrogen (secondary N) is 1. The third kappa shape index (κ3) is 3.79. The smallest absolute Gasteiger partial charge is 0.283 e. The lowest BCUT2D eigenvalue weighted by molar-refractivity contribution is 0.0365. The van der Waals surface area contributed by atoms with Gasteiger partial charge in [0.2, 0.25) is 0 Å². The van der Waals surface area contributed by atoms with Gasteiger partial charge in [0, 0.05) is 27.3 Å². The Balaban J connectivity index is 2.74. The molecule has 7 heteroatoms. The average molecular weight is 320 g/mol. The summed E-state index contributed by atoms with van der Waals surface area (Å²) in [5, 5.41) is 7.16. The Morgan fingerprint density at radius 1 is 1.56 bits per heavy atom. The molecule has 6 nitrogen and oxygen atoms in total. The van der Waals surface area contributed by atoms with Crippen LogP contribution in [0.25, 0.3) is 0 Å². The molecule has 0 aromatic carbocycles. The van der Waals surface area contributed by atoms with E-state index >= 15 is 0 Å². The number of methoxy groups -OCH3 is 2. The summed E-state index contributed by atoms with van der Waals surface area (Å²) in [6, 6.07) is 0. The van der Waals surface area contributed by atoms with Crippen molar-refractivity contribution in [3.05, 3.63) is 21.0 Å². The number of halogens is 1. The highest BCUT2D eigenvalue weighted by molar-refractivity contribution is 9.10. The van der Waals surface area contributed by atoms with Gasteiger partial charge in [-0.1, -0.05) is 0 Å². The normalized spacial score (nSPS) is 12.4. The van der Waals surface area contributed by atoms with Crippen LogP contribution in [0.3, 0.4) is 0 Å². The molecule has 0 saturated heterocycles. The van der Waals surface area contributed by atoms with Crippen molar-refractivity contribution < 1.29 is 9.47 Å². The number of aromatic nitrogens is 2. The molecule has 0 saturated carbocycles. The molecule has 0 spiro atoms. The van der Waals surface area contributed by atoms with Crippen LogP contribution >= 0.6 is 15.9 Å². The molecule has 1 N–H and O–H groups in total. The zero-order valence-corrected chi connectivity index (χ0v) is 12.4. The summed E-state index contributed by atoms with van der Waals surface area (Å²) in [5.74, 6) is 0. The number of rotatable bonds is 7. The van der Waals surface area contributed by atoms with E-state index in [0.29, 0.717) is 29.9 Å². The first-order chi connectivity index (χ1) is 8.63. The fourth-order valence-electron chi connectivity index (χ4n) is 1.43. The second-order valence-corrected chi connectivity index (χ2v) is 4.48. The van der Waals surface area contributed by atoms with E-state index in [1.807, 2.05) is 6.92 Å². The minimum absolute atomic E-state index is 0.0736. The Morgan fingerprint density at radius 2 is 2.28 bits per heavy atom. The van der Waals surface area contributed by atoms with E-state index in [0.717, 1.165) is 0 Å². The average Bonchev–Trinajstić information content (AvgIpc) is 2.39. The molecule has 1 atom stereocenters. The van der Waals surface area contributed by atoms with Crippen molar-refractivity contribution in [2.24, 2.45) is 0 Å². The maximum absolute atomic E-state index is 11.8. The van der Waals surface area contributed by atoms with Gasteiger partial charge in [-0.3, -0.25) is 4.79 Å². The molecule has 1 heterocycles. The predicted molar refractivity (Wildman–Crippen MR) is 73.0 cm³/mol. The molecule has 1 aromatic rings. The van der Waals surface area contributed by atoms with E-state index in [1.165, 1.54) is 4.68 Å². The van der Waals surface area contributed by atoms with Crippen molar-refractivity contribution in [2.75, 3.05) is 32.7 Å². The van der Waals surface area contributed by atoms with E-state index in [-0.39, 0.29) is 11.7 Å². The van der Waals surface area contributed by atoms with Gasteiger partial charge >= 0.3 is 0 Å². The molecule has 1 aromatic heterocycles. The maximum atomic E-state index is 11.8. The molecule has 0 aliphatic rings. The fraction of sp³-hybridized carbons (Fsp3) is 0.636. The quantitative estimate of drug-likeness (QED) is 0.815. The number of aryl methyl sites for hydroxylation is 1. The first kappa shape index (κ1) is 15.1. The van der Waals surface area contributed by atoms with Gasteiger partial charge in [0.1, 0.15) is 4.47 Å². The molecule has 18 heavy (non-hydrogen) atoms. The van der Waals surface area contributed by atoms with Crippen LogP contribution in [0, 0.1) is 0 Å². The summed E-state index contributed by atoms with van der Waals surface area (Å²) in [4.78, 5) is 11.8. The number of hydrogen-bond donors (Lipinski definition) is 1. The zero-order valence-electron chi connectivity index (χ0n) is 10.8. The monoisotopic (exact) mass is 319 g/mol. The minimum Gasteiger partial charge on any atom is -0.382 e. The third-order valence-electron chi connectivity index (χ3n) is 2.49. The fourth-order valence-corrected chi connectivity index (χ4v) is 1.88. The predicted octanol–water partition coefficient (Wildman–Crippen LogP) is 1.10. The second-order valence-electron chi connectivity index (χ2n) is 3.69. The molecule has 0 fully saturated rings. The number of ether oxygens (including phenoxy) is 2. The first-order valence-electron chi connectivity index (χ1n) is 5.65. The van der Waals surface area contributed by atoms with Gasteiger partial charge in [0.05, 0.1) is 24.6 Å². The van der Waals surface area contributed by atoms with Crippen LogP contribution in [0.15, 0.2) is 15.5 Å². The topological polar surface area (TPSA) is 65.4 Å². The van der Waals surface area contributed by atoms with Crippen LogP contribution in [-0.2, 0) is 16.0 Å². The standard InChI is InChI=1S/C11H18BrN3O3/c1-4-15-11(16)10(12)9(6-14-15)13-5-8(18-3)7-17-2/h6,8,13H,4-5,7H2,1-3H3. The van der Waals surface area contributed by atoms with Crippen molar-refractivity contribution in [3.8, 4) is 0 Å². The van der Waals surface area contributed by atoms with E-state index in [4.69, 9.17) is 9.47 Å². The Labute approximate surface area is 114 Å². The molecule has 0 amide bonds. The van der Waals surface area contributed by atoms with Gasteiger partial charge in [-0.2, -0.15) is 5.10 Å². The number of hydrogen-bond acceptors (Lipinski definition) is 5. The Kier molecular flexibility index (Phi) is 6.31. The lowest BCUT2D eigenvalue weighted by Crippen LogP contribution is -2.28. The summed E-state index contributed by atoms with van der Waals surface area (Å²) in [6.07, 6.45) is 1.55. The highest BCUT2D eigenvalue weighted by atomic mass is 79.9. The highest BCUT2D eigenvalue weighted by Crippen LogP contribution is 2.16. The van der Waals surface area contributed by atoms with Gasteiger partial charge in [-0.05, 0) is 22.9 Å². The lowest BCUT2D eigenvalue weighted by Gasteiger charge is -2.16. The number of nitrogens with zero attached hydrogens (tertiary/aromatic N) is 2. The van der Waals surface area contributed by atoms with Crippen LogP contribution in [0.4, 0.5) is 5.69 Å². The maximum Gasteiger partial charge on any atom is 0.283 e. The summed E-state index contributed by atoms with van der Waals surface area (Å²) in [7, 11) is 3.24. The van der Waals surface area contributed by atoms with Crippen molar-refractivity contribution >= 4 is 21.6 Å². The largest absolute Gasteiger partial charge is 0.382 e. The molecule has 102 valence electrons. The zero-order chi connectivity index (χ0) is 13.5. The number of anilines is 1. The van der Waals surface area contributed by atoms with Gasteiger partial charge in [0.25, 0.3) is 5.56 Å². The van der Waals surface area contributed by atoms with Crippen LogP contribution in [0.2, 0.25) is 0 Å². The SMILES string of the molecule is CCn1ncc(NCC(COC)OC)c(Br)c1=O. The van der Waals surface area contributed by atoms with Crippen molar-refractivity contribution in [3.63, 3.8) is 0 Å². The summed E-state index contributed by atoms with van der Waals surface area (Å²) >= 11 is 3.27. The molecule has 0 radical (unpaired) electrons. The van der Waals surface area contributed by atoms with Crippen LogP contribution in [0.1, 0.15) is 6.92 Å². The molecular formula is C11H18BrN3O3. The van der Waals surface area contributed by atoms with Crippen LogP contribution in [-0.4, -0.2) is 43.3 Å². The van der Waals surface area contributed by atoms with Gasteiger partial charge in [0.15, 0.2) is 0 Å². The van der Waals surface area contributed by atoms with Gasteiger partial charge in [-0.15, -0.1) is 0 Å². The van der Waals surface area contributed by atoms with Crippen molar-refractivity contribution in [2.45, 2.75) is 19.6 Å². The van der Waals surface area contributed by atoms with Crippen LogP contribution < -0.4 is 10.9 Å². The second kappa shape index (κ2) is 7.50. The highest BCUT2D eigenvalue weighted by Gasteiger charge is 2.11. The summed E-state index contributed by atoms with van der Waals surface area (Å²) in [6.45, 7) is 3.44. The van der Waals surface area contributed by atoms with E-state index in [1.54, 1.807) is 20.4 Å². The Morgan fingerprint density at radius 3 is 2.83 bits per heavy atom. The molecule has 0 bridgehead atoms. The lowest BCUT2D eigenvalue weighted by atomic mass is 10.3. The Hall–Kier alpha value is -0.920. The first-order valence-corrected chi connectivity index (χ1v) is 6.44. The molecular weight excluding hydrogens is 302 g/mol. The molecule has 1 unspecified atom stereocenters. The van der Waals surface area contributed by atoms with Crippen molar-refractivity contribution in [1.82, 2.24) is 9.78 Å². The summed E-state index contributed by atoms with van der Waals surface area (Å²) < 4.78 is 12.1. The minimum atomic E-state index is -0.150. The third-order valence-corrected chi connectivity index (χ3v) is 3.26. The van der Waals surface area contributed by atoms with E-state index < -0.39 is 0 Å². The van der Waals surface area contributed by atoms with Crippen LogP contribution in [0.5, 0.6) is 0 Å². The van der Waals surface area contributed by atoms with E-state index in [9.17, 15) is 4.79 Å². The van der Waals surface area contributed by atoms with Crippen molar-refractivity contribution in [1.29, 1.82) is 0 Å². The molecule has 0 aliphatic heterocycles. The van der Waals surface area contributed by atoms with E-state index in [2.05, 4.69) is 26.3 Å². The summed E-state index contributed by atoms with van der Waals surface area (Å²) in [5.41, 5.74) is 0.506. The Bertz CT molecular complexity index is 436. The molecule has 1 rings (SSSR count). The van der Waals surface area contributed by atoms with Gasteiger partial charge in [-0.25, -0.2) is 4.68 Å². The molecule has 0 aliphatic carbocycles. The van der Waals surface area contributed by atoms with Gasteiger partial charge < -0.3 is 14.8 Å².